The summed E-state index contributed by atoms with van der Waals surface area (Å²) in [6.45, 7) is 2.65. The van der Waals surface area contributed by atoms with Crippen molar-refractivity contribution in [2.24, 2.45) is 0 Å². The van der Waals surface area contributed by atoms with Crippen LogP contribution in [-0.2, 0) is 13.0 Å². The van der Waals surface area contributed by atoms with Gasteiger partial charge in [0.25, 0.3) is 5.56 Å². The molecule has 0 aliphatic carbocycles. The van der Waals surface area contributed by atoms with Gasteiger partial charge in [0.1, 0.15) is 0 Å². The summed E-state index contributed by atoms with van der Waals surface area (Å²) in [6.07, 6.45) is 2.74. The van der Waals surface area contributed by atoms with Crippen LogP contribution in [0.15, 0.2) is 34.6 Å². The zero-order chi connectivity index (χ0) is 10.7. The van der Waals surface area contributed by atoms with Gasteiger partial charge in [0.2, 0.25) is 0 Å². The third-order valence-corrected chi connectivity index (χ3v) is 3.18. The van der Waals surface area contributed by atoms with E-state index in [0.717, 1.165) is 17.1 Å². The molecule has 0 spiro atoms. The zero-order valence-corrected chi connectivity index (χ0v) is 9.33. The topological polar surface area (TPSA) is 34.9 Å². The molecule has 0 unspecified atom stereocenters. The summed E-state index contributed by atoms with van der Waals surface area (Å²) in [4.78, 5) is 15.9. The minimum absolute atomic E-state index is 0.0172. The van der Waals surface area contributed by atoms with Crippen LogP contribution in [0.25, 0.3) is 0 Å². The quantitative estimate of drug-likeness (QED) is 0.792. The average Bonchev–Trinajstić information content (AvgIpc) is 2.69. The lowest BCUT2D eigenvalue weighted by Gasteiger charge is -2.00. The van der Waals surface area contributed by atoms with E-state index >= 15 is 0 Å². The van der Waals surface area contributed by atoms with Crippen LogP contribution in [0.1, 0.15) is 17.6 Å². The van der Waals surface area contributed by atoms with Gasteiger partial charge >= 0.3 is 0 Å². The Balaban J connectivity index is 2.22. The van der Waals surface area contributed by atoms with Gasteiger partial charge in [-0.2, -0.15) is 0 Å². The summed E-state index contributed by atoms with van der Waals surface area (Å²) in [5.41, 5.74) is 0.980. The molecule has 0 bridgehead atoms. The fourth-order valence-electron chi connectivity index (χ4n) is 1.35. The van der Waals surface area contributed by atoms with Gasteiger partial charge in [-0.25, -0.2) is 4.98 Å². The predicted octanol–water partition coefficient (Wildman–Crippen LogP) is 1.92. The largest absolute Gasteiger partial charge is 0.310 e. The van der Waals surface area contributed by atoms with Crippen LogP contribution in [-0.4, -0.2) is 9.55 Å². The summed E-state index contributed by atoms with van der Waals surface area (Å²) in [5, 5.41) is 3.13. The molecular formula is C11H12N2OS. The van der Waals surface area contributed by atoms with E-state index < -0.39 is 0 Å². The highest BCUT2D eigenvalue weighted by molar-refractivity contribution is 7.09. The molecular weight excluding hydrogens is 208 g/mol. The van der Waals surface area contributed by atoms with E-state index in [-0.39, 0.29) is 5.56 Å². The number of nitrogens with zero attached hydrogens (tertiary/aromatic N) is 2. The molecule has 2 aromatic rings. The molecule has 0 aromatic carbocycles. The molecule has 0 fully saturated rings. The van der Waals surface area contributed by atoms with E-state index in [1.807, 2.05) is 11.4 Å². The maximum atomic E-state index is 11.4. The smallest absolute Gasteiger partial charge is 0.250 e. The molecule has 0 radical (unpaired) electrons. The molecule has 0 aliphatic rings. The molecule has 0 aliphatic heterocycles. The van der Waals surface area contributed by atoms with Crippen molar-refractivity contribution in [3.8, 4) is 0 Å². The zero-order valence-electron chi connectivity index (χ0n) is 8.51. The van der Waals surface area contributed by atoms with Crippen molar-refractivity contribution in [2.45, 2.75) is 19.9 Å². The highest BCUT2D eigenvalue weighted by atomic mass is 32.1. The van der Waals surface area contributed by atoms with Crippen LogP contribution in [0.2, 0.25) is 0 Å². The van der Waals surface area contributed by atoms with Crippen LogP contribution >= 0.6 is 11.3 Å². The first-order valence-electron chi connectivity index (χ1n) is 4.88. The third-order valence-electron chi connectivity index (χ3n) is 2.13. The van der Waals surface area contributed by atoms with Gasteiger partial charge < -0.3 is 4.57 Å². The molecule has 3 nitrogen and oxygen atoms in total. The first-order chi connectivity index (χ1) is 7.29. The second kappa shape index (κ2) is 4.40. The Hall–Kier alpha value is -1.42. The van der Waals surface area contributed by atoms with Gasteiger partial charge in [-0.05, 0) is 12.5 Å². The second-order valence-corrected chi connectivity index (χ2v) is 4.20. The van der Waals surface area contributed by atoms with E-state index in [1.54, 1.807) is 34.2 Å². The summed E-state index contributed by atoms with van der Waals surface area (Å²) >= 11 is 1.65. The average molecular weight is 220 g/mol. The lowest BCUT2D eigenvalue weighted by atomic mass is 10.4. The SMILES string of the molecule is CCc1nc(Cn2ccccc2=O)cs1. The molecule has 2 aromatic heterocycles. The van der Waals surface area contributed by atoms with Crippen molar-refractivity contribution in [2.75, 3.05) is 0 Å². The Morgan fingerprint density at radius 1 is 1.47 bits per heavy atom. The molecule has 15 heavy (non-hydrogen) atoms. The molecule has 78 valence electrons. The Morgan fingerprint density at radius 3 is 3.00 bits per heavy atom. The normalized spacial score (nSPS) is 10.5. The highest BCUT2D eigenvalue weighted by Gasteiger charge is 2.01. The minimum atomic E-state index is 0.0172. The Labute approximate surface area is 92.0 Å². The number of hydrogen-bond acceptors (Lipinski definition) is 3. The molecule has 4 heteroatoms. The molecule has 0 saturated heterocycles. The number of thiazole rings is 1. The monoisotopic (exact) mass is 220 g/mol. The fraction of sp³-hybridized carbons (Fsp3) is 0.273. The van der Waals surface area contributed by atoms with Gasteiger partial charge in [-0.1, -0.05) is 13.0 Å². The van der Waals surface area contributed by atoms with Gasteiger partial charge in [-0.15, -0.1) is 11.3 Å². The first-order valence-corrected chi connectivity index (χ1v) is 5.76. The minimum Gasteiger partial charge on any atom is -0.310 e. The Bertz CT molecular complexity index is 501. The lowest BCUT2D eigenvalue weighted by Crippen LogP contribution is -2.18. The molecule has 2 heterocycles. The first kappa shape index (κ1) is 10.1. The van der Waals surface area contributed by atoms with E-state index in [2.05, 4.69) is 11.9 Å². The number of aryl methyl sites for hydroxylation is 1. The van der Waals surface area contributed by atoms with Crippen molar-refractivity contribution in [1.29, 1.82) is 0 Å². The van der Waals surface area contributed by atoms with E-state index in [4.69, 9.17) is 0 Å². The predicted molar refractivity (Wildman–Crippen MR) is 61.3 cm³/mol. The van der Waals surface area contributed by atoms with Crippen LogP contribution in [0, 0.1) is 0 Å². The highest BCUT2D eigenvalue weighted by Crippen LogP contribution is 2.10. The second-order valence-electron chi connectivity index (χ2n) is 3.25. The molecule has 0 atom stereocenters. The Kier molecular flexibility index (Phi) is 2.97. The van der Waals surface area contributed by atoms with E-state index in [9.17, 15) is 4.79 Å². The summed E-state index contributed by atoms with van der Waals surface area (Å²) in [5.74, 6) is 0. The van der Waals surface area contributed by atoms with Crippen LogP contribution in [0.3, 0.4) is 0 Å². The van der Waals surface area contributed by atoms with Crippen LogP contribution in [0.5, 0.6) is 0 Å². The summed E-state index contributed by atoms with van der Waals surface area (Å²) in [6, 6.07) is 5.17. The molecule has 2 rings (SSSR count). The van der Waals surface area contributed by atoms with Gasteiger partial charge in [0.15, 0.2) is 0 Å². The van der Waals surface area contributed by atoms with E-state index in [1.165, 1.54) is 0 Å². The van der Waals surface area contributed by atoms with Gasteiger partial charge in [0, 0.05) is 17.6 Å². The number of hydrogen-bond donors (Lipinski definition) is 0. The molecule has 0 saturated carbocycles. The molecule has 0 N–H and O–H groups in total. The van der Waals surface area contributed by atoms with Crippen molar-refractivity contribution in [1.82, 2.24) is 9.55 Å². The fourth-order valence-corrected chi connectivity index (χ4v) is 2.09. The summed E-state index contributed by atoms with van der Waals surface area (Å²) < 4.78 is 1.66. The van der Waals surface area contributed by atoms with Gasteiger partial charge in [-0.3, -0.25) is 4.79 Å². The number of aromatic nitrogens is 2. The van der Waals surface area contributed by atoms with Crippen LogP contribution in [0.4, 0.5) is 0 Å². The van der Waals surface area contributed by atoms with E-state index in [0.29, 0.717) is 6.54 Å². The van der Waals surface area contributed by atoms with Crippen molar-refractivity contribution in [3.05, 3.63) is 50.8 Å². The summed E-state index contributed by atoms with van der Waals surface area (Å²) in [7, 11) is 0. The third kappa shape index (κ3) is 2.33. The van der Waals surface area contributed by atoms with Crippen LogP contribution < -0.4 is 5.56 Å². The number of pyridine rings is 1. The van der Waals surface area contributed by atoms with Crippen molar-refractivity contribution in [3.63, 3.8) is 0 Å². The maximum Gasteiger partial charge on any atom is 0.250 e. The molecule has 0 amide bonds. The lowest BCUT2D eigenvalue weighted by molar-refractivity contribution is 0.741. The van der Waals surface area contributed by atoms with Crippen molar-refractivity contribution >= 4 is 11.3 Å². The van der Waals surface area contributed by atoms with Gasteiger partial charge in [0.05, 0.1) is 17.2 Å². The van der Waals surface area contributed by atoms with Crippen molar-refractivity contribution < 1.29 is 0 Å². The number of rotatable bonds is 3. The standard InChI is InChI=1S/C11H12N2OS/c1-2-10-12-9(8-15-10)7-13-6-4-3-5-11(13)14/h3-6,8H,2,7H2,1H3. The maximum absolute atomic E-state index is 11.4. The Morgan fingerprint density at radius 2 is 2.33 bits per heavy atom.